The highest BCUT2D eigenvalue weighted by molar-refractivity contribution is 5.89. The largest absolute Gasteiger partial charge is 0.295 e. The quantitative estimate of drug-likeness (QED) is 0.683. The lowest BCUT2D eigenvalue weighted by Crippen LogP contribution is -2.13. The van der Waals surface area contributed by atoms with E-state index in [9.17, 15) is 4.79 Å². The van der Waals surface area contributed by atoms with E-state index in [1.807, 2.05) is 31.2 Å². The maximum Gasteiger partial charge on any atom is 0.155 e. The minimum atomic E-state index is -0.0773. The number of rotatable bonds is 4. The van der Waals surface area contributed by atoms with Gasteiger partial charge in [-0.1, -0.05) is 57.2 Å². The van der Waals surface area contributed by atoms with Gasteiger partial charge in [-0.3, -0.25) is 4.79 Å². The second kappa shape index (κ2) is 4.92. The Labute approximate surface area is 91.8 Å². The van der Waals surface area contributed by atoms with Crippen molar-refractivity contribution in [3.05, 3.63) is 48.0 Å². The molecular weight excluding hydrogens is 184 g/mol. The van der Waals surface area contributed by atoms with Crippen molar-refractivity contribution in [3.63, 3.8) is 0 Å². The number of ketones is 1. The summed E-state index contributed by atoms with van der Waals surface area (Å²) in [6.45, 7) is 6.10. The van der Waals surface area contributed by atoms with Crippen molar-refractivity contribution in [2.75, 3.05) is 0 Å². The topological polar surface area (TPSA) is 17.1 Å². The van der Waals surface area contributed by atoms with Gasteiger partial charge in [0, 0.05) is 11.8 Å². The van der Waals surface area contributed by atoms with Gasteiger partial charge < -0.3 is 0 Å². The third-order valence-corrected chi connectivity index (χ3v) is 2.55. The first-order valence-corrected chi connectivity index (χ1v) is 5.34. The average molecular weight is 202 g/mol. The van der Waals surface area contributed by atoms with E-state index in [1.54, 1.807) is 6.08 Å². The van der Waals surface area contributed by atoms with Crippen molar-refractivity contribution in [2.24, 2.45) is 0 Å². The molecule has 0 atom stereocenters. The van der Waals surface area contributed by atoms with Crippen LogP contribution in [0.1, 0.15) is 32.8 Å². The van der Waals surface area contributed by atoms with Gasteiger partial charge in [0.05, 0.1) is 0 Å². The van der Waals surface area contributed by atoms with Crippen LogP contribution in [0.15, 0.2) is 42.5 Å². The second-order valence-corrected chi connectivity index (χ2v) is 4.24. The zero-order chi connectivity index (χ0) is 11.3. The molecule has 0 aliphatic rings. The molecule has 0 aliphatic heterocycles. The van der Waals surface area contributed by atoms with Crippen molar-refractivity contribution in [1.29, 1.82) is 0 Å². The van der Waals surface area contributed by atoms with Crippen molar-refractivity contribution in [2.45, 2.75) is 32.6 Å². The summed E-state index contributed by atoms with van der Waals surface area (Å²) in [7, 11) is 0. The molecule has 0 radical (unpaired) electrons. The zero-order valence-electron chi connectivity index (χ0n) is 9.66. The van der Waals surface area contributed by atoms with Crippen LogP contribution < -0.4 is 0 Å². The molecule has 0 fully saturated rings. The summed E-state index contributed by atoms with van der Waals surface area (Å²) >= 11 is 0. The minimum Gasteiger partial charge on any atom is -0.295 e. The summed E-state index contributed by atoms with van der Waals surface area (Å²) in [4.78, 5) is 11.2. The summed E-state index contributed by atoms with van der Waals surface area (Å²) in [6.07, 6.45) is 4.24. The molecule has 1 rings (SSSR count). The van der Waals surface area contributed by atoms with Gasteiger partial charge in [-0.15, -0.1) is 0 Å². The lowest BCUT2D eigenvalue weighted by atomic mass is 9.84. The lowest BCUT2D eigenvalue weighted by molar-refractivity contribution is -0.114. The predicted octanol–water partition coefficient (Wildman–Crippen LogP) is 3.50. The number of carbonyl (C=O) groups excluding carboxylic acids is 1. The summed E-state index contributed by atoms with van der Waals surface area (Å²) in [5.74, 6) is 0.180. The van der Waals surface area contributed by atoms with Gasteiger partial charge in [-0.05, 0) is 11.6 Å². The van der Waals surface area contributed by atoms with Gasteiger partial charge in [0.1, 0.15) is 0 Å². The first-order chi connectivity index (χ1) is 7.06. The Hall–Kier alpha value is -1.37. The van der Waals surface area contributed by atoms with E-state index in [0.717, 1.165) is 0 Å². The smallest absolute Gasteiger partial charge is 0.155 e. The van der Waals surface area contributed by atoms with Gasteiger partial charge >= 0.3 is 0 Å². The number of hydrogen-bond donors (Lipinski definition) is 0. The third kappa shape index (κ3) is 3.35. The Kier molecular flexibility index (Phi) is 3.84. The average Bonchev–Trinajstić information content (AvgIpc) is 2.27. The maximum atomic E-state index is 11.2. The number of allylic oxidation sites excluding steroid dienone is 2. The van der Waals surface area contributed by atoms with E-state index in [1.165, 1.54) is 5.56 Å². The fraction of sp³-hybridized carbons (Fsp3) is 0.357. The number of hydrogen-bond acceptors (Lipinski definition) is 1. The Morgan fingerprint density at radius 1 is 1.27 bits per heavy atom. The minimum absolute atomic E-state index is 0.0773. The summed E-state index contributed by atoms with van der Waals surface area (Å²) < 4.78 is 0. The summed E-state index contributed by atoms with van der Waals surface area (Å²) in [6, 6.07) is 10.2. The first-order valence-electron chi connectivity index (χ1n) is 5.34. The highest BCUT2D eigenvalue weighted by atomic mass is 16.1. The van der Waals surface area contributed by atoms with Gasteiger partial charge in [-0.25, -0.2) is 0 Å². The Morgan fingerprint density at radius 2 is 1.87 bits per heavy atom. The van der Waals surface area contributed by atoms with E-state index in [4.69, 9.17) is 0 Å². The van der Waals surface area contributed by atoms with Crippen LogP contribution in [0.25, 0.3) is 0 Å². The predicted molar refractivity (Wildman–Crippen MR) is 63.9 cm³/mol. The molecule has 1 aromatic rings. The van der Waals surface area contributed by atoms with Crippen LogP contribution in [0.4, 0.5) is 0 Å². The van der Waals surface area contributed by atoms with Crippen LogP contribution in [-0.2, 0) is 10.2 Å². The number of benzene rings is 1. The van der Waals surface area contributed by atoms with E-state index >= 15 is 0 Å². The highest BCUT2D eigenvalue weighted by Gasteiger charge is 2.16. The molecular formula is C14H18O. The second-order valence-electron chi connectivity index (χ2n) is 4.24. The van der Waals surface area contributed by atoms with Crippen molar-refractivity contribution < 1.29 is 4.79 Å². The third-order valence-electron chi connectivity index (χ3n) is 2.55. The molecule has 0 aromatic heterocycles. The molecule has 0 heterocycles. The SMILES string of the molecule is CCC(=O)C=CC(C)(C)c1ccccc1. The molecule has 0 amide bonds. The van der Waals surface area contributed by atoms with E-state index in [2.05, 4.69) is 26.0 Å². The number of carbonyl (C=O) groups is 1. The molecule has 1 heteroatoms. The normalized spacial score (nSPS) is 11.9. The fourth-order valence-electron chi connectivity index (χ4n) is 1.38. The van der Waals surface area contributed by atoms with Crippen molar-refractivity contribution >= 4 is 5.78 Å². The standard InChI is InChI=1S/C14H18O/c1-4-13(15)10-11-14(2,3)12-8-6-5-7-9-12/h5-11H,4H2,1-3H3. The first kappa shape index (κ1) is 11.7. The van der Waals surface area contributed by atoms with Crippen LogP contribution in [0.5, 0.6) is 0 Å². The Morgan fingerprint density at radius 3 is 2.40 bits per heavy atom. The van der Waals surface area contributed by atoms with Gasteiger partial charge in [-0.2, -0.15) is 0 Å². The molecule has 0 N–H and O–H groups in total. The maximum absolute atomic E-state index is 11.2. The zero-order valence-corrected chi connectivity index (χ0v) is 9.66. The van der Waals surface area contributed by atoms with Crippen molar-refractivity contribution in [1.82, 2.24) is 0 Å². The van der Waals surface area contributed by atoms with Gasteiger partial charge in [0.2, 0.25) is 0 Å². The summed E-state index contributed by atoms with van der Waals surface area (Å²) in [5.41, 5.74) is 1.15. The van der Waals surface area contributed by atoms with E-state index < -0.39 is 0 Å². The fourth-order valence-corrected chi connectivity index (χ4v) is 1.38. The van der Waals surface area contributed by atoms with Crippen LogP contribution in [0.3, 0.4) is 0 Å². The van der Waals surface area contributed by atoms with Crippen LogP contribution in [-0.4, -0.2) is 5.78 Å². The molecule has 0 aliphatic carbocycles. The van der Waals surface area contributed by atoms with Crippen LogP contribution >= 0.6 is 0 Å². The molecule has 0 saturated heterocycles. The molecule has 1 nitrogen and oxygen atoms in total. The lowest BCUT2D eigenvalue weighted by Gasteiger charge is -2.20. The molecule has 0 saturated carbocycles. The molecule has 0 bridgehead atoms. The Bertz CT molecular complexity index is 347. The Balaban J connectivity index is 2.84. The highest BCUT2D eigenvalue weighted by Crippen LogP contribution is 2.24. The van der Waals surface area contributed by atoms with E-state index in [-0.39, 0.29) is 11.2 Å². The molecule has 1 aromatic carbocycles. The molecule has 0 unspecified atom stereocenters. The molecule has 80 valence electrons. The molecule has 0 spiro atoms. The summed E-state index contributed by atoms with van der Waals surface area (Å²) in [5, 5.41) is 0. The van der Waals surface area contributed by atoms with Crippen LogP contribution in [0.2, 0.25) is 0 Å². The monoisotopic (exact) mass is 202 g/mol. The van der Waals surface area contributed by atoms with E-state index in [0.29, 0.717) is 6.42 Å². The van der Waals surface area contributed by atoms with Crippen molar-refractivity contribution in [3.8, 4) is 0 Å². The molecule has 15 heavy (non-hydrogen) atoms. The van der Waals surface area contributed by atoms with Crippen LogP contribution in [0, 0.1) is 0 Å². The van der Waals surface area contributed by atoms with Gasteiger partial charge in [0.15, 0.2) is 5.78 Å². The van der Waals surface area contributed by atoms with Gasteiger partial charge in [0.25, 0.3) is 0 Å².